The van der Waals surface area contributed by atoms with E-state index in [-0.39, 0.29) is 0 Å². The number of aliphatic carboxylic acids is 1. The third kappa shape index (κ3) is 4.41. The average molecular weight is 501 g/mol. The van der Waals surface area contributed by atoms with Gasteiger partial charge in [0.1, 0.15) is 0 Å². The molecule has 0 spiro atoms. The molecule has 0 unspecified atom stereocenters. The molecule has 3 aromatic carbocycles. The van der Waals surface area contributed by atoms with Crippen LogP contribution in [0.3, 0.4) is 0 Å². The highest BCUT2D eigenvalue weighted by Gasteiger charge is 2.51. The molecule has 5 heteroatoms. The molecule has 0 aliphatic heterocycles. The van der Waals surface area contributed by atoms with Crippen LogP contribution in [0.4, 0.5) is 0 Å². The van der Waals surface area contributed by atoms with Gasteiger partial charge in [-0.15, -0.1) is 0 Å². The lowest BCUT2D eigenvalue weighted by atomic mass is 9.93. The van der Waals surface area contributed by atoms with Crippen molar-refractivity contribution < 1.29 is 14.4 Å². The van der Waals surface area contributed by atoms with Crippen molar-refractivity contribution in [1.82, 2.24) is 10.1 Å². The van der Waals surface area contributed by atoms with Crippen LogP contribution < -0.4 is 0 Å². The number of pyridine rings is 1. The lowest BCUT2D eigenvalue weighted by molar-refractivity contribution is -0.140. The molecule has 0 amide bonds. The predicted molar refractivity (Wildman–Crippen MR) is 148 cm³/mol. The van der Waals surface area contributed by atoms with Gasteiger partial charge >= 0.3 is 5.97 Å². The van der Waals surface area contributed by atoms with E-state index in [9.17, 15) is 9.90 Å². The molecule has 38 heavy (non-hydrogen) atoms. The highest BCUT2D eigenvalue weighted by molar-refractivity contribution is 5.85. The molecule has 1 aliphatic carbocycles. The van der Waals surface area contributed by atoms with Crippen LogP contribution in [-0.2, 0) is 16.6 Å². The number of hydrogen-bond acceptors (Lipinski definition) is 4. The van der Waals surface area contributed by atoms with Gasteiger partial charge in [-0.05, 0) is 60.6 Å². The molecule has 0 bridgehead atoms. The summed E-state index contributed by atoms with van der Waals surface area (Å²) in [5.74, 6) is 0.0349. The third-order valence-electron chi connectivity index (χ3n) is 7.62. The summed E-state index contributed by atoms with van der Waals surface area (Å²) in [7, 11) is 0. The summed E-state index contributed by atoms with van der Waals surface area (Å²) < 4.78 is 5.78. The molecule has 0 radical (unpaired) electrons. The molecule has 5 nitrogen and oxygen atoms in total. The van der Waals surface area contributed by atoms with Crippen molar-refractivity contribution in [3.8, 4) is 33.6 Å². The highest BCUT2D eigenvalue weighted by atomic mass is 16.5. The number of benzene rings is 3. The number of rotatable bonds is 7. The third-order valence-corrected chi connectivity index (χ3v) is 7.62. The number of carboxylic acids is 1. The van der Waals surface area contributed by atoms with Gasteiger partial charge in [0.2, 0.25) is 0 Å². The Labute approximate surface area is 221 Å². The molecular formula is C33H28N2O3. The molecule has 0 atom stereocenters. The topological polar surface area (TPSA) is 76.2 Å². The Hall–Kier alpha value is -4.51. The van der Waals surface area contributed by atoms with Crippen LogP contribution in [0.5, 0.6) is 0 Å². The fourth-order valence-corrected chi connectivity index (χ4v) is 5.06. The molecule has 0 saturated heterocycles. The van der Waals surface area contributed by atoms with E-state index >= 15 is 0 Å². The number of nitrogens with zero attached hydrogens (tertiary/aromatic N) is 2. The van der Waals surface area contributed by atoms with Crippen molar-refractivity contribution >= 4 is 5.97 Å². The summed E-state index contributed by atoms with van der Waals surface area (Å²) >= 11 is 0. The van der Waals surface area contributed by atoms with E-state index in [0.717, 1.165) is 56.0 Å². The minimum Gasteiger partial charge on any atom is -0.481 e. The molecule has 6 rings (SSSR count). The molecule has 2 aromatic heterocycles. The van der Waals surface area contributed by atoms with E-state index < -0.39 is 11.4 Å². The van der Waals surface area contributed by atoms with Gasteiger partial charge < -0.3 is 9.63 Å². The number of carbonyl (C=O) groups is 1. The Morgan fingerprint density at radius 2 is 1.39 bits per heavy atom. The molecule has 1 aliphatic rings. The Kier molecular flexibility index (Phi) is 5.91. The zero-order valence-electron chi connectivity index (χ0n) is 21.4. The zero-order valence-corrected chi connectivity index (χ0v) is 21.4. The summed E-state index contributed by atoms with van der Waals surface area (Å²) in [6.07, 6.45) is 5.89. The van der Waals surface area contributed by atoms with Crippen molar-refractivity contribution in [3.05, 3.63) is 119 Å². The molecular weight excluding hydrogens is 472 g/mol. The maximum absolute atomic E-state index is 11.6. The second kappa shape index (κ2) is 9.42. The quantitative estimate of drug-likeness (QED) is 0.252. The zero-order chi connectivity index (χ0) is 26.3. The van der Waals surface area contributed by atoms with Gasteiger partial charge in [0.15, 0.2) is 5.76 Å². The molecule has 1 fully saturated rings. The van der Waals surface area contributed by atoms with E-state index in [1.807, 2.05) is 55.7 Å². The minimum absolute atomic E-state index is 0.673. The summed E-state index contributed by atoms with van der Waals surface area (Å²) in [4.78, 5) is 16.1. The van der Waals surface area contributed by atoms with Gasteiger partial charge in [-0.3, -0.25) is 9.78 Å². The molecule has 5 aromatic rings. The summed E-state index contributed by atoms with van der Waals surface area (Å²) in [5, 5.41) is 13.8. The fraction of sp³-hybridized carbons (Fsp3) is 0.182. The van der Waals surface area contributed by atoms with Gasteiger partial charge in [-0.2, -0.15) is 0 Å². The van der Waals surface area contributed by atoms with Crippen molar-refractivity contribution in [2.45, 2.75) is 38.5 Å². The normalized spacial score (nSPS) is 13.8. The minimum atomic E-state index is -0.731. The lowest BCUT2D eigenvalue weighted by Crippen LogP contribution is -2.19. The van der Waals surface area contributed by atoms with Gasteiger partial charge in [0.25, 0.3) is 0 Å². The lowest BCUT2D eigenvalue weighted by Gasteiger charge is -2.11. The standard InChI is InChI=1S/C33H28N2O3/c1-21-3-5-26(6-4-21)28-17-23(19-34-20-28)18-30-22(2)35-38-31(30)27-9-7-24(8-10-27)25-11-13-29(14-12-25)33(15-16-33)32(36)37/h3-14,17,19-20H,15-16,18H2,1-2H3,(H,36,37). The van der Waals surface area contributed by atoms with Gasteiger partial charge in [0.05, 0.1) is 11.1 Å². The van der Waals surface area contributed by atoms with Gasteiger partial charge in [0, 0.05) is 35.5 Å². The van der Waals surface area contributed by atoms with Crippen molar-refractivity contribution in [2.24, 2.45) is 0 Å². The largest absolute Gasteiger partial charge is 0.481 e. The first kappa shape index (κ1) is 23.9. The number of carboxylic acid groups (broad SMARTS) is 1. The van der Waals surface area contributed by atoms with E-state index in [4.69, 9.17) is 4.52 Å². The smallest absolute Gasteiger partial charge is 0.314 e. The van der Waals surface area contributed by atoms with Crippen molar-refractivity contribution in [3.63, 3.8) is 0 Å². The molecule has 1 saturated carbocycles. The summed E-state index contributed by atoms with van der Waals surface area (Å²) in [6.45, 7) is 4.06. The SMILES string of the molecule is Cc1ccc(-c2cncc(Cc3c(C)noc3-c3ccc(-c4ccc(C5(C(=O)O)CC5)cc4)cc3)c2)cc1. The van der Waals surface area contributed by atoms with E-state index in [1.54, 1.807) is 0 Å². The Bertz CT molecular complexity index is 1610. The summed E-state index contributed by atoms with van der Waals surface area (Å²) in [5.41, 5.74) is 9.76. The van der Waals surface area contributed by atoms with Crippen LogP contribution in [-0.4, -0.2) is 21.2 Å². The maximum Gasteiger partial charge on any atom is 0.314 e. The molecule has 188 valence electrons. The van der Waals surface area contributed by atoms with Crippen LogP contribution in [0.2, 0.25) is 0 Å². The van der Waals surface area contributed by atoms with Crippen LogP contribution >= 0.6 is 0 Å². The first-order valence-electron chi connectivity index (χ1n) is 12.8. The Morgan fingerprint density at radius 3 is 2.03 bits per heavy atom. The molecule has 2 heterocycles. The first-order chi connectivity index (χ1) is 18.4. The van der Waals surface area contributed by atoms with Crippen LogP contribution in [0, 0.1) is 13.8 Å². The summed E-state index contributed by atoms with van der Waals surface area (Å²) in [6, 6.07) is 26.8. The maximum atomic E-state index is 11.6. The number of aryl methyl sites for hydroxylation is 2. The average Bonchev–Trinajstić information content (AvgIpc) is 3.69. The highest BCUT2D eigenvalue weighted by Crippen LogP contribution is 2.48. The van der Waals surface area contributed by atoms with E-state index in [1.165, 1.54) is 5.56 Å². The van der Waals surface area contributed by atoms with Gasteiger partial charge in [-0.1, -0.05) is 83.5 Å². The van der Waals surface area contributed by atoms with Crippen molar-refractivity contribution in [1.29, 1.82) is 0 Å². The van der Waals surface area contributed by atoms with Crippen LogP contribution in [0.1, 0.15) is 40.8 Å². The van der Waals surface area contributed by atoms with Crippen LogP contribution in [0.15, 0.2) is 95.8 Å². The first-order valence-corrected chi connectivity index (χ1v) is 12.8. The monoisotopic (exact) mass is 500 g/mol. The van der Waals surface area contributed by atoms with Crippen LogP contribution in [0.25, 0.3) is 33.6 Å². The Balaban J connectivity index is 1.23. The van der Waals surface area contributed by atoms with E-state index in [2.05, 4.69) is 59.5 Å². The van der Waals surface area contributed by atoms with Crippen molar-refractivity contribution in [2.75, 3.05) is 0 Å². The second-order valence-electron chi connectivity index (χ2n) is 10.2. The molecule has 1 N–H and O–H groups in total. The predicted octanol–water partition coefficient (Wildman–Crippen LogP) is 7.39. The number of hydrogen-bond donors (Lipinski definition) is 1. The second-order valence-corrected chi connectivity index (χ2v) is 10.2. The fourth-order valence-electron chi connectivity index (χ4n) is 5.06. The van der Waals surface area contributed by atoms with Gasteiger partial charge in [-0.25, -0.2) is 0 Å². The number of aromatic nitrogens is 2. The Morgan fingerprint density at radius 1 is 0.816 bits per heavy atom. The van der Waals surface area contributed by atoms with E-state index in [0.29, 0.717) is 19.3 Å².